The fourth-order valence-electron chi connectivity index (χ4n) is 3.68. The van der Waals surface area contributed by atoms with Crippen LogP contribution in [0.4, 0.5) is 10.1 Å². The van der Waals surface area contributed by atoms with Crippen molar-refractivity contribution in [3.8, 4) is 6.07 Å². The van der Waals surface area contributed by atoms with Crippen molar-refractivity contribution in [3.63, 3.8) is 0 Å². The maximum absolute atomic E-state index is 14.0. The molecule has 100 valence electrons. The summed E-state index contributed by atoms with van der Waals surface area (Å²) in [4.78, 5) is 2.14. The number of hydrogen-bond donors (Lipinski definition) is 0. The summed E-state index contributed by atoms with van der Waals surface area (Å²) < 4.78 is 14.0. The lowest BCUT2D eigenvalue weighted by Gasteiger charge is -2.40. The molecule has 1 saturated heterocycles. The van der Waals surface area contributed by atoms with Crippen LogP contribution in [0.15, 0.2) is 18.2 Å². The molecule has 0 aromatic heterocycles. The Kier molecular flexibility index (Phi) is 3.18. The van der Waals surface area contributed by atoms with Crippen LogP contribution in [0.2, 0.25) is 0 Å². The number of hydrogen-bond acceptors (Lipinski definition) is 2. The van der Waals surface area contributed by atoms with Crippen LogP contribution in [-0.2, 0) is 0 Å². The van der Waals surface area contributed by atoms with Crippen LogP contribution in [0.1, 0.15) is 44.1 Å². The van der Waals surface area contributed by atoms with E-state index in [0.29, 0.717) is 16.7 Å². The van der Waals surface area contributed by atoms with Crippen molar-refractivity contribution in [2.24, 2.45) is 5.41 Å². The Labute approximate surface area is 113 Å². The second kappa shape index (κ2) is 4.85. The minimum atomic E-state index is -0.263. The van der Waals surface area contributed by atoms with Gasteiger partial charge in [0.1, 0.15) is 5.82 Å². The molecule has 1 spiro atoms. The zero-order chi connectivity index (χ0) is 13.3. The Morgan fingerprint density at radius 3 is 2.37 bits per heavy atom. The summed E-state index contributed by atoms with van der Waals surface area (Å²) >= 11 is 0. The maximum Gasteiger partial charge on any atom is 0.147 e. The van der Waals surface area contributed by atoms with E-state index in [0.717, 1.165) is 13.1 Å². The number of nitrogens with zero attached hydrogens (tertiary/aromatic N) is 2. The maximum atomic E-state index is 14.0. The number of nitriles is 1. The minimum absolute atomic E-state index is 0.263. The molecule has 1 saturated carbocycles. The lowest BCUT2D eigenvalue weighted by atomic mass is 9.77. The van der Waals surface area contributed by atoms with E-state index in [9.17, 15) is 4.39 Å². The first kappa shape index (κ1) is 12.5. The lowest BCUT2D eigenvalue weighted by molar-refractivity contribution is 0.226. The Balaban J connectivity index is 1.73. The molecule has 1 aromatic carbocycles. The summed E-state index contributed by atoms with van der Waals surface area (Å²) in [5.41, 5.74) is 1.61. The van der Waals surface area contributed by atoms with E-state index in [1.807, 2.05) is 6.07 Å². The molecule has 1 aliphatic heterocycles. The van der Waals surface area contributed by atoms with Crippen molar-refractivity contribution in [1.29, 1.82) is 5.26 Å². The van der Waals surface area contributed by atoms with Crippen molar-refractivity contribution in [1.82, 2.24) is 0 Å². The average molecular weight is 258 g/mol. The lowest BCUT2D eigenvalue weighted by Crippen LogP contribution is -2.39. The standard InChI is InChI=1S/C16H19FN2/c17-14-11-13(12-18)3-4-15(14)19-9-7-16(8-10-19)5-1-2-6-16/h3-4,11H,1-2,5-10H2. The highest BCUT2D eigenvalue weighted by Gasteiger charge is 2.37. The molecular weight excluding hydrogens is 239 g/mol. The van der Waals surface area contributed by atoms with Gasteiger partial charge in [0.2, 0.25) is 0 Å². The van der Waals surface area contributed by atoms with Gasteiger partial charge in [-0.15, -0.1) is 0 Å². The first-order valence-electron chi connectivity index (χ1n) is 7.17. The Hall–Kier alpha value is -1.56. The molecule has 19 heavy (non-hydrogen) atoms. The van der Waals surface area contributed by atoms with Crippen molar-refractivity contribution in [3.05, 3.63) is 29.6 Å². The Morgan fingerprint density at radius 1 is 1.11 bits per heavy atom. The molecule has 0 N–H and O–H groups in total. The summed E-state index contributed by atoms with van der Waals surface area (Å²) in [6, 6.07) is 6.78. The van der Waals surface area contributed by atoms with E-state index in [2.05, 4.69) is 4.90 Å². The molecule has 3 rings (SSSR count). The Morgan fingerprint density at radius 2 is 1.79 bits per heavy atom. The molecule has 0 amide bonds. The number of anilines is 1. The van der Waals surface area contributed by atoms with Crippen LogP contribution in [-0.4, -0.2) is 13.1 Å². The number of rotatable bonds is 1. The number of halogens is 1. The summed E-state index contributed by atoms with van der Waals surface area (Å²) in [5, 5.41) is 8.77. The summed E-state index contributed by atoms with van der Waals surface area (Å²) in [7, 11) is 0. The zero-order valence-electron chi connectivity index (χ0n) is 11.2. The van der Waals surface area contributed by atoms with E-state index < -0.39 is 0 Å². The van der Waals surface area contributed by atoms with Crippen LogP contribution in [0.5, 0.6) is 0 Å². The van der Waals surface area contributed by atoms with E-state index >= 15 is 0 Å². The zero-order valence-corrected chi connectivity index (χ0v) is 11.2. The largest absolute Gasteiger partial charge is 0.369 e. The van der Waals surface area contributed by atoms with Gasteiger partial charge in [-0.3, -0.25) is 0 Å². The topological polar surface area (TPSA) is 27.0 Å². The molecule has 2 fully saturated rings. The quantitative estimate of drug-likeness (QED) is 0.765. The second-order valence-electron chi connectivity index (χ2n) is 5.97. The van der Waals surface area contributed by atoms with Crippen LogP contribution >= 0.6 is 0 Å². The smallest absolute Gasteiger partial charge is 0.147 e. The van der Waals surface area contributed by atoms with Crippen LogP contribution < -0.4 is 4.90 Å². The molecule has 0 atom stereocenters. The van der Waals surface area contributed by atoms with Gasteiger partial charge in [-0.1, -0.05) is 12.8 Å². The predicted octanol–water partition coefficient (Wildman–Crippen LogP) is 3.86. The third-order valence-corrected chi connectivity index (χ3v) is 4.91. The van der Waals surface area contributed by atoms with Gasteiger partial charge in [-0.05, 0) is 49.3 Å². The van der Waals surface area contributed by atoms with Gasteiger partial charge in [0.25, 0.3) is 0 Å². The third-order valence-electron chi connectivity index (χ3n) is 4.91. The molecule has 2 aliphatic rings. The molecule has 2 nitrogen and oxygen atoms in total. The van der Waals surface area contributed by atoms with E-state index in [1.54, 1.807) is 12.1 Å². The van der Waals surface area contributed by atoms with Crippen molar-refractivity contribution >= 4 is 5.69 Å². The highest BCUT2D eigenvalue weighted by atomic mass is 19.1. The molecule has 1 aromatic rings. The van der Waals surface area contributed by atoms with Gasteiger partial charge >= 0.3 is 0 Å². The number of piperidine rings is 1. The second-order valence-corrected chi connectivity index (χ2v) is 5.97. The molecule has 1 aliphatic carbocycles. The summed E-state index contributed by atoms with van der Waals surface area (Å²) in [6.07, 6.45) is 7.82. The summed E-state index contributed by atoms with van der Waals surface area (Å²) in [6.45, 7) is 1.89. The first-order chi connectivity index (χ1) is 9.22. The SMILES string of the molecule is N#Cc1ccc(N2CCC3(CCCC3)CC2)c(F)c1. The molecule has 0 bridgehead atoms. The van der Waals surface area contributed by atoms with E-state index in [4.69, 9.17) is 5.26 Å². The van der Waals surface area contributed by atoms with Gasteiger partial charge in [0.15, 0.2) is 0 Å². The number of benzene rings is 1. The van der Waals surface area contributed by atoms with Crippen LogP contribution in [0.25, 0.3) is 0 Å². The van der Waals surface area contributed by atoms with Crippen molar-refractivity contribution < 1.29 is 4.39 Å². The van der Waals surface area contributed by atoms with E-state index in [1.165, 1.54) is 44.6 Å². The highest BCUT2D eigenvalue weighted by molar-refractivity contribution is 5.51. The normalized spacial score (nSPS) is 21.6. The van der Waals surface area contributed by atoms with Gasteiger partial charge in [0, 0.05) is 13.1 Å². The highest BCUT2D eigenvalue weighted by Crippen LogP contribution is 2.46. The third kappa shape index (κ3) is 2.32. The van der Waals surface area contributed by atoms with Gasteiger partial charge < -0.3 is 4.90 Å². The van der Waals surface area contributed by atoms with Crippen LogP contribution in [0, 0.1) is 22.6 Å². The van der Waals surface area contributed by atoms with E-state index in [-0.39, 0.29) is 5.82 Å². The average Bonchev–Trinajstić information content (AvgIpc) is 2.88. The van der Waals surface area contributed by atoms with Crippen LogP contribution in [0.3, 0.4) is 0 Å². The molecule has 0 unspecified atom stereocenters. The fourth-order valence-corrected chi connectivity index (χ4v) is 3.68. The minimum Gasteiger partial charge on any atom is -0.369 e. The Bertz CT molecular complexity index is 502. The van der Waals surface area contributed by atoms with Gasteiger partial charge in [-0.2, -0.15) is 5.26 Å². The van der Waals surface area contributed by atoms with Gasteiger partial charge in [0.05, 0.1) is 17.3 Å². The molecular formula is C16H19FN2. The summed E-state index contributed by atoms with van der Waals surface area (Å²) in [5.74, 6) is -0.263. The van der Waals surface area contributed by atoms with Gasteiger partial charge in [-0.25, -0.2) is 4.39 Å². The predicted molar refractivity (Wildman–Crippen MR) is 73.5 cm³/mol. The fraction of sp³-hybridized carbons (Fsp3) is 0.562. The van der Waals surface area contributed by atoms with Crippen molar-refractivity contribution in [2.45, 2.75) is 38.5 Å². The van der Waals surface area contributed by atoms with Crippen molar-refractivity contribution in [2.75, 3.05) is 18.0 Å². The molecule has 0 radical (unpaired) electrons. The first-order valence-corrected chi connectivity index (χ1v) is 7.17. The molecule has 1 heterocycles. The monoisotopic (exact) mass is 258 g/mol. The molecule has 3 heteroatoms.